The molecule has 0 aromatic carbocycles. The SMILES string of the molecule is COCCNCc1sc(-c2ccccn2)nc1COC. The predicted molar refractivity (Wildman–Crippen MR) is 79.6 cm³/mol. The summed E-state index contributed by atoms with van der Waals surface area (Å²) < 4.78 is 10.2. The molecule has 6 heteroatoms. The Morgan fingerprint density at radius 1 is 1.25 bits per heavy atom. The second kappa shape index (κ2) is 8.06. The van der Waals surface area contributed by atoms with Crippen LogP contribution in [0.3, 0.4) is 0 Å². The van der Waals surface area contributed by atoms with Gasteiger partial charge in [-0.25, -0.2) is 4.98 Å². The van der Waals surface area contributed by atoms with Crippen molar-refractivity contribution in [2.24, 2.45) is 0 Å². The number of rotatable bonds is 8. The van der Waals surface area contributed by atoms with Crippen LogP contribution in [0.4, 0.5) is 0 Å². The second-order valence-electron chi connectivity index (χ2n) is 4.21. The molecule has 2 rings (SSSR count). The molecule has 2 aromatic heterocycles. The van der Waals surface area contributed by atoms with Crippen LogP contribution in [0.5, 0.6) is 0 Å². The Morgan fingerprint density at radius 2 is 2.15 bits per heavy atom. The van der Waals surface area contributed by atoms with Gasteiger partial charge in [0.15, 0.2) is 0 Å². The average Bonchev–Trinajstić information content (AvgIpc) is 2.88. The van der Waals surface area contributed by atoms with Gasteiger partial charge in [0.05, 0.1) is 24.6 Å². The minimum atomic E-state index is 0.518. The molecular formula is C14H19N3O2S. The zero-order chi connectivity index (χ0) is 14.2. The first kappa shape index (κ1) is 15.1. The van der Waals surface area contributed by atoms with Crippen molar-refractivity contribution in [1.29, 1.82) is 0 Å². The maximum atomic E-state index is 5.22. The van der Waals surface area contributed by atoms with Gasteiger partial charge in [-0.15, -0.1) is 11.3 Å². The van der Waals surface area contributed by atoms with Gasteiger partial charge in [0.2, 0.25) is 0 Å². The molecule has 2 heterocycles. The van der Waals surface area contributed by atoms with Crippen molar-refractivity contribution in [2.45, 2.75) is 13.2 Å². The van der Waals surface area contributed by atoms with E-state index < -0.39 is 0 Å². The Hall–Kier alpha value is -1.34. The van der Waals surface area contributed by atoms with Crippen LogP contribution in [0.2, 0.25) is 0 Å². The highest BCUT2D eigenvalue weighted by molar-refractivity contribution is 7.15. The number of thiazole rings is 1. The summed E-state index contributed by atoms with van der Waals surface area (Å²) in [4.78, 5) is 10.2. The third-order valence-electron chi connectivity index (χ3n) is 2.71. The number of pyridine rings is 1. The first-order valence-electron chi connectivity index (χ1n) is 6.43. The molecule has 20 heavy (non-hydrogen) atoms. The summed E-state index contributed by atoms with van der Waals surface area (Å²) in [7, 11) is 3.38. The van der Waals surface area contributed by atoms with Crippen LogP contribution < -0.4 is 5.32 Å². The molecule has 1 N–H and O–H groups in total. The second-order valence-corrected chi connectivity index (χ2v) is 5.29. The molecule has 0 aliphatic heterocycles. The van der Waals surface area contributed by atoms with Gasteiger partial charge in [0, 0.05) is 38.4 Å². The Kier molecular flexibility index (Phi) is 6.07. The van der Waals surface area contributed by atoms with Gasteiger partial charge < -0.3 is 14.8 Å². The topological polar surface area (TPSA) is 56.3 Å². The van der Waals surface area contributed by atoms with Crippen molar-refractivity contribution in [3.63, 3.8) is 0 Å². The quantitative estimate of drug-likeness (QED) is 0.755. The number of aromatic nitrogens is 2. The molecule has 0 bridgehead atoms. The molecule has 0 aliphatic rings. The molecule has 2 aromatic rings. The summed E-state index contributed by atoms with van der Waals surface area (Å²) in [6, 6.07) is 5.84. The number of nitrogens with zero attached hydrogens (tertiary/aromatic N) is 2. The highest BCUT2D eigenvalue weighted by Crippen LogP contribution is 2.27. The van der Waals surface area contributed by atoms with Gasteiger partial charge in [0.1, 0.15) is 5.01 Å². The maximum Gasteiger partial charge on any atom is 0.142 e. The third-order valence-corrected chi connectivity index (χ3v) is 3.83. The van der Waals surface area contributed by atoms with Crippen molar-refractivity contribution < 1.29 is 9.47 Å². The van der Waals surface area contributed by atoms with Gasteiger partial charge in [-0.3, -0.25) is 4.98 Å². The molecule has 5 nitrogen and oxygen atoms in total. The number of nitrogens with one attached hydrogen (secondary N) is 1. The van der Waals surface area contributed by atoms with Crippen LogP contribution in [0, 0.1) is 0 Å². The largest absolute Gasteiger partial charge is 0.383 e. The Balaban J connectivity index is 2.11. The van der Waals surface area contributed by atoms with Crippen LogP contribution in [0.25, 0.3) is 10.7 Å². The van der Waals surface area contributed by atoms with Crippen molar-refractivity contribution >= 4 is 11.3 Å². The summed E-state index contributed by atoms with van der Waals surface area (Å²) >= 11 is 1.65. The molecule has 0 radical (unpaired) electrons. The molecule has 0 aliphatic carbocycles. The molecule has 108 valence electrons. The summed E-state index contributed by atoms with van der Waals surface area (Å²) in [6.07, 6.45) is 1.78. The Labute approximate surface area is 123 Å². The van der Waals surface area contributed by atoms with E-state index in [9.17, 15) is 0 Å². The lowest BCUT2D eigenvalue weighted by Gasteiger charge is -2.03. The minimum Gasteiger partial charge on any atom is -0.383 e. The van der Waals surface area contributed by atoms with E-state index in [0.717, 1.165) is 29.5 Å². The van der Waals surface area contributed by atoms with Crippen LogP contribution in [0.1, 0.15) is 10.6 Å². The first-order chi connectivity index (χ1) is 9.85. The lowest BCUT2D eigenvalue weighted by molar-refractivity contribution is 0.181. The van der Waals surface area contributed by atoms with Crippen molar-refractivity contribution in [2.75, 3.05) is 27.4 Å². The highest BCUT2D eigenvalue weighted by atomic mass is 32.1. The lowest BCUT2D eigenvalue weighted by atomic mass is 10.3. The molecule has 0 fully saturated rings. The van der Waals surface area contributed by atoms with E-state index in [4.69, 9.17) is 9.47 Å². The van der Waals surface area contributed by atoms with E-state index in [-0.39, 0.29) is 0 Å². The van der Waals surface area contributed by atoms with E-state index in [2.05, 4.69) is 15.3 Å². The summed E-state index contributed by atoms with van der Waals surface area (Å²) in [5, 5.41) is 4.27. The molecule has 0 spiro atoms. The summed E-state index contributed by atoms with van der Waals surface area (Å²) in [5.41, 5.74) is 1.88. The van der Waals surface area contributed by atoms with Gasteiger partial charge >= 0.3 is 0 Å². The van der Waals surface area contributed by atoms with E-state index >= 15 is 0 Å². The predicted octanol–water partition coefficient (Wildman–Crippen LogP) is 2.09. The van der Waals surface area contributed by atoms with Gasteiger partial charge in [0.25, 0.3) is 0 Å². The van der Waals surface area contributed by atoms with Crippen LogP contribution >= 0.6 is 11.3 Å². The zero-order valence-electron chi connectivity index (χ0n) is 11.8. The fourth-order valence-corrected chi connectivity index (χ4v) is 2.76. The normalized spacial score (nSPS) is 10.9. The zero-order valence-corrected chi connectivity index (χ0v) is 12.6. The van der Waals surface area contributed by atoms with Crippen molar-refractivity contribution in [3.05, 3.63) is 35.0 Å². The lowest BCUT2D eigenvalue weighted by Crippen LogP contribution is -2.18. The maximum absolute atomic E-state index is 5.22. The van der Waals surface area contributed by atoms with E-state index in [1.165, 1.54) is 4.88 Å². The van der Waals surface area contributed by atoms with E-state index in [1.54, 1.807) is 31.8 Å². The highest BCUT2D eigenvalue weighted by Gasteiger charge is 2.12. The van der Waals surface area contributed by atoms with Gasteiger partial charge in [-0.2, -0.15) is 0 Å². The Morgan fingerprint density at radius 3 is 2.85 bits per heavy atom. The molecule has 0 amide bonds. The van der Waals surface area contributed by atoms with Crippen LogP contribution in [0.15, 0.2) is 24.4 Å². The molecule has 0 saturated carbocycles. The first-order valence-corrected chi connectivity index (χ1v) is 7.25. The van der Waals surface area contributed by atoms with Crippen molar-refractivity contribution in [1.82, 2.24) is 15.3 Å². The Bertz CT molecular complexity index is 516. The fraction of sp³-hybridized carbons (Fsp3) is 0.429. The standard InChI is InChI=1S/C14H19N3O2S/c1-18-8-7-15-9-13-12(10-19-2)17-14(20-13)11-5-3-4-6-16-11/h3-6,15H,7-10H2,1-2H3. The van der Waals surface area contributed by atoms with Gasteiger partial charge in [-0.1, -0.05) is 6.07 Å². The van der Waals surface area contributed by atoms with Gasteiger partial charge in [-0.05, 0) is 12.1 Å². The van der Waals surface area contributed by atoms with Crippen LogP contribution in [-0.4, -0.2) is 37.3 Å². The summed E-state index contributed by atoms with van der Waals surface area (Å²) in [6.45, 7) is 2.81. The van der Waals surface area contributed by atoms with Crippen molar-refractivity contribution in [3.8, 4) is 10.7 Å². The van der Waals surface area contributed by atoms with E-state index in [1.807, 2.05) is 18.2 Å². The summed E-state index contributed by atoms with van der Waals surface area (Å²) in [5.74, 6) is 0. The smallest absolute Gasteiger partial charge is 0.142 e. The van der Waals surface area contributed by atoms with Crippen LogP contribution in [-0.2, 0) is 22.6 Å². The molecular weight excluding hydrogens is 274 g/mol. The number of ether oxygens (including phenoxy) is 2. The average molecular weight is 293 g/mol. The minimum absolute atomic E-state index is 0.518. The number of methoxy groups -OCH3 is 2. The number of hydrogen-bond acceptors (Lipinski definition) is 6. The van der Waals surface area contributed by atoms with E-state index in [0.29, 0.717) is 13.2 Å². The molecule has 0 saturated heterocycles. The number of hydrogen-bond donors (Lipinski definition) is 1. The molecule has 0 unspecified atom stereocenters. The monoisotopic (exact) mass is 293 g/mol. The molecule has 0 atom stereocenters. The third kappa shape index (κ3) is 4.08. The fourth-order valence-electron chi connectivity index (χ4n) is 1.75.